The van der Waals surface area contributed by atoms with Crippen LogP contribution in [0.25, 0.3) is 0 Å². The topological polar surface area (TPSA) is 91.7 Å². The van der Waals surface area contributed by atoms with Crippen molar-refractivity contribution in [1.29, 1.82) is 0 Å². The molecule has 1 aromatic carbocycles. The zero-order valence-corrected chi connectivity index (χ0v) is 15.4. The quantitative estimate of drug-likeness (QED) is 0.594. The van der Waals surface area contributed by atoms with Gasteiger partial charge >= 0.3 is 0 Å². The zero-order valence-electron chi connectivity index (χ0n) is 13.1. The van der Waals surface area contributed by atoms with Crippen LogP contribution in [0.2, 0.25) is 10.0 Å². The molecule has 0 aliphatic heterocycles. The minimum atomic E-state index is -3.76. The third-order valence-electron chi connectivity index (χ3n) is 2.94. The maximum Gasteiger partial charge on any atom is 0.260 e. The SMILES string of the molecule is CS(=O)(=O)N(CC(=O)N/N=C\c1ccccn1)c1cc(Cl)ccc1Cl. The molecule has 0 bridgehead atoms. The summed E-state index contributed by atoms with van der Waals surface area (Å²) in [6.07, 6.45) is 3.89. The van der Waals surface area contributed by atoms with Gasteiger partial charge in [-0.25, -0.2) is 13.8 Å². The van der Waals surface area contributed by atoms with Crippen LogP contribution in [0.5, 0.6) is 0 Å². The normalized spacial score (nSPS) is 11.5. The Morgan fingerprint density at radius 2 is 2.08 bits per heavy atom. The van der Waals surface area contributed by atoms with Crippen molar-refractivity contribution in [2.45, 2.75) is 0 Å². The lowest BCUT2D eigenvalue weighted by molar-refractivity contribution is -0.119. The van der Waals surface area contributed by atoms with Crippen LogP contribution in [0, 0.1) is 0 Å². The van der Waals surface area contributed by atoms with Gasteiger partial charge in [-0.1, -0.05) is 29.3 Å². The van der Waals surface area contributed by atoms with Crippen LogP contribution in [-0.2, 0) is 14.8 Å². The molecule has 1 aromatic heterocycles. The molecular weight excluding hydrogens is 387 g/mol. The van der Waals surface area contributed by atoms with Gasteiger partial charge in [0.1, 0.15) is 6.54 Å². The minimum Gasteiger partial charge on any atom is -0.271 e. The van der Waals surface area contributed by atoms with Gasteiger partial charge in [0.15, 0.2) is 0 Å². The molecule has 10 heteroatoms. The first-order valence-corrected chi connectivity index (χ1v) is 9.53. The molecule has 1 heterocycles. The number of hydrogen-bond donors (Lipinski definition) is 1. The summed E-state index contributed by atoms with van der Waals surface area (Å²) in [5.74, 6) is -0.645. The van der Waals surface area contributed by atoms with Gasteiger partial charge in [-0.05, 0) is 30.3 Å². The van der Waals surface area contributed by atoms with Crippen molar-refractivity contribution in [3.05, 3.63) is 58.3 Å². The summed E-state index contributed by atoms with van der Waals surface area (Å²) < 4.78 is 24.9. The van der Waals surface area contributed by atoms with E-state index in [-0.39, 0.29) is 10.7 Å². The van der Waals surface area contributed by atoms with Gasteiger partial charge in [0, 0.05) is 11.2 Å². The third-order valence-corrected chi connectivity index (χ3v) is 4.62. The highest BCUT2D eigenvalue weighted by molar-refractivity contribution is 7.92. The van der Waals surface area contributed by atoms with Crippen LogP contribution in [0.15, 0.2) is 47.7 Å². The van der Waals surface area contributed by atoms with Crippen LogP contribution in [-0.4, -0.2) is 38.3 Å². The van der Waals surface area contributed by atoms with E-state index < -0.39 is 22.5 Å². The predicted molar refractivity (Wildman–Crippen MR) is 98.6 cm³/mol. The number of sulfonamides is 1. The number of aromatic nitrogens is 1. The van der Waals surface area contributed by atoms with E-state index in [9.17, 15) is 13.2 Å². The number of nitrogens with one attached hydrogen (secondary N) is 1. The molecule has 0 unspecified atom stereocenters. The average molecular weight is 401 g/mol. The summed E-state index contributed by atoms with van der Waals surface area (Å²) in [5.41, 5.74) is 2.90. The van der Waals surface area contributed by atoms with Crippen molar-refractivity contribution >= 4 is 51.0 Å². The highest BCUT2D eigenvalue weighted by Gasteiger charge is 2.23. The zero-order chi connectivity index (χ0) is 18.4. The Hall–Kier alpha value is -2.16. The second-order valence-corrected chi connectivity index (χ2v) is 7.66. The van der Waals surface area contributed by atoms with E-state index in [2.05, 4.69) is 15.5 Å². The van der Waals surface area contributed by atoms with Gasteiger partial charge in [-0.2, -0.15) is 5.10 Å². The lowest BCUT2D eigenvalue weighted by atomic mass is 10.3. The summed E-state index contributed by atoms with van der Waals surface area (Å²) in [6, 6.07) is 9.55. The van der Waals surface area contributed by atoms with Crippen molar-refractivity contribution in [1.82, 2.24) is 10.4 Å². The highest BCUT2D eigenvalue weighted by Crippen LogP contribution is 2.30. The van der Waals surface area contributed by atoms with Crippen molar-refractivity contribution in [3.63, 3.8) is 0 Å². The number of benzene rings is 1. The van der Waals surface area contributed by atoms with E-state index in [1.54, 1.807) is 24.4 Å². The summed E-state index contributed by atoms with van der Waals surface area (Å²) >= 11 is 11.9. The van der Waals surface area contributed by atoms with Crippen molar-refractivity contribution in [2.24, 2.45) is 5.10 Å². The van der Waals surface area contributed by atoms with Crippen molar-refractivity contribution in [2.75, 3.05) is 17.1 Å². The molecule has 0 saturated carbocycles. The molecule has 1 amide bonds. The second-order valence-electron chi connectivity index (χ2n) is 4.91. The Labute approximate surface area is 155 Å². The first-order chi connectivity index (χ1) is 11.8. The molecule has 0 radical (unpaired) electrons. The number of halogens is 2. The van der Waals surface area contributed by atoms with Gasteiger partial charge in [0.05, 0.1) is 28.9 Å². The predicted octanol–water partition coefficient (Wildman–Crippen LogP) is 2.30. The van der Waals surface area contributed by atoms with Gasteiger partial charge in [-0.15, -0.1) is 0 Å². The molecule has 132 valence electrons. The number of carbonyl (C=O) groups excluding carboxylic acids is 1. The van der Waals surface area contributed by atoms with Crippen LogP contribution >= 0.6 is 23.2 Å². The smallest absolute Gasteiger partial charge is 0.260 e. The summed E-state index contributed by atoms with van der Waals surface area (Å²) in [4.78, 5) is 16.0. The van der Waals surface area contributed by atoms with Crippen LogP contribution < -0.4 is 9.73 Å². The molecule has 7 nitrogen and oxygen atoms in total. The van der Waals surface area contributed by atoms with E-state index in [0.29, 0.717) is 10.7 Å². The van der Waals surface area contributed by atoms with Gasteiger partial charge in [-0.3, -0.25) is 14.1 Å². The molecule has 1 N–H and O–H groups in total. The lowest BCUT2D eigenvalue weighted by Crippen LogP contribution is -2.39. The molecule has 0 spiro atoms. The molecule has 0 saturated heterocycles. The Balaban J connectivity index is 2.14. The third kappa shape index (κ3) is 5.70. The second kappa shape index (κ2) is 8.28. The Morgan fingerprint density at radius 1 is 1.32 bits per heavy atom. The Morgan fingerprint density at radius 3 is 2.72 bits per heavy atom. The van der Waals surface area contributed by atoms with Gasteiger partial charge in [0.2, 0.25) is 10.0 Å². The summed E-state index contributed by atoms with van der Waals surface area (Å²) in [5, 5.41) is 4.19. The van der Waals surface area contributed by atoms with E-state index >= 15 is 0 Å². The first-order valence-electron chi connectivity index (χ1n) is 6.93. The number of hydrazone groups is 1. The lowest BCUT2D eigenvalue weighted by Gasteiger charge is -2.22. The monoisotopic (exact) mass is 400 g/mol. The van der Waals surface area contributed by atoms with Gasteiger partial charge < -0.3 is 0 Å². The summed E-state index contributed by atoms with van der Waals surface area (Å²) in [6.45, 7) is -0.502. The number of nitrogens with zero attached hydrogens (tertiary/aromatic N) is 3. The fraction of sp³-hybridized carbons (Fsp3) is 0.133. The maximum atomic E-state index is 12.0. The van der Waals surface area contributed by atoms with Crippen LogP contribution in [0.4, 0.5) is 5.69 Å². The molecule has 2 aromatic rings. The highest BCUT2D eigenvalue weighted by atomic mass is 35.5. The van der Waals surface area contributed by atoms with E-state index in [0.717, 1.165) is 10.6 Å². The molecule has 0 aliphatic carbocycles. The van der Waals surface area contributed by atoms with Crippen molar-refractivity contribution in [3.8, 4) is 0 Å². The van der Waals surface area contributed by atoms with E-state index in [4.69, 9.17) is 23.2 Å². The molecule has 25 heavy (non-hydrogen) atoms. The number of pyridine rings is 1. The molecule has 0 aliphatic rings. The van der Waals surface area contributed by atoms with E-state index in [1.165, 1.54) is 24.4 Å². The molecular formula is C15H14Cl2N4O3S. The summed E-state index contributed by atoms with van der Waals surface area (Å²) in [7, 11) is -3.76. The number of rotatable bonds is 6. The fourth-order valence-corrected chi connectivity index (χ4v) is 3.14. The maximum absolute atomic E-state index is 12.0. The molecule has 2 rings (SSSR count). The number of hydrogen-bond acceptors (Lipinski definition) is 5. The number of anilines is 1. The standard InChI is InChI=1S/C15H14Cl2N4O3S/c1-25(23,24)21(14-8-11(16)5-6-13(14)17)10-15(22)20-19-9-12-4-2-3-7-18-12/h2-9H,10H2,1H3,(H,20,22)/b19-9-. The Kier molecular flexibility index (Phi) is 6.35. The fourth-order valence-electron chi connectivity index (χ4n) is 1.85. The number of carbonyl (C=O) groups is 1. The van der Waals surface area contributed by atoms with E-state index in [1.807, 2.05) is 0 Å². The molecule has 0 fully saturated rings. The molecule has 0 atom stereocenters. The van der Waals surface area contributed by atoms with Crippen LogP contribution in [0.1, 0.15) is 5.69 Å². The first kappa shape index (κ1) is 19.2. The Bertz CT molecular complexity index is 889. The van der Waals surface area contributed by atoms with Crippen molar-refractivity contribution < 1.29 is 13.2 Å². The average Bonchev–Trinajstić information content (AvgIpc) is 2.55. The minimum absolute atomic E-state index is 0.112. The number of amides is 1. The van der Waals surface area contributed by atoms with Crippen LogP contribution in [0.3, 0.4) is 0 Å². The van der Waals surface area contributed by atoms with Gasteiger partial charge in [0.25, 0.3) is 5.91 Å². The largest absolute Gasteiger partial charge is 0.271 e.